The molecule has 1 aliphatic heterocycles. The average molecular weight is 272 g/mol. The lowest BCUT2D eigenvalue weighted by atomic mass is 10.1. The fraction of sp³-hybridized carbons (Fsp3) is 0.750. The number of nitrogens with zero attached hydrogens (tertiary/aromatic N) is 1. The van der Waals surface area contributed by atoms with Gasteiger partial charge in [0.05, 0.1) is 5.92 Å². The van der Waals surface area contributed by atoms with Crippen LogP contribution in [0, 0.1) is 5.92 Å². The molecule has 0 aliphatic carbocycles. The van der Waals surface area contributed by atoms with Crippen LogP contribution in [-0.4, -0.2) is 60.6 Å². The number of rotatable bonds is 5. The van der Waals surface area contributed by atoms with Crippen LogP contribution in [0.25, 0.3) is 0 Å². The Balaban J connectivity index is 2.49. The van der Waals surface area contributed by atoms with Gasteiger partial charge in [-0.05, 0) is 12.8 Å². The highest BCUT2D eigenvalue weighted by atomic mass is 16.5. The molecule has 1 saturated heterocycles. The lowest BCUT2D eigenvalue weighted by molar-refractivity contribution is -0.154. The number of amides is 2. The zero-order valence-electron chi connectivity index (χ0n) is 11.4. The molecule has 1 aliphatic rings. The third-order valence-electron chi connectivity index (χ3n) is 3.19. The largest absolute Gasteiger partial charge is 0.479 e. The number of hydrogen-bond acceptors (Lipinski definition) is 4. The minimum atomic E-state index is -1.04. The number of aliphatic carboxylic acids is 1. The lowest BCUT2D eigenvalue weighted by Gasteiger charge is -2.23. The molecule has 2 amide bonds. The molecule has 0 aromatic rings. The van der Waals surface area contributed by atoms with Crippen LogP contribution in [0.1, 0.15) is 19.8 Å². The maximum absolute atomic E-state index is 12.0. The molecule has 0 bridgehead atoms. The highest BCUT2D eigenvalue weighted by Crippen LogP contribution is 2.21. The van der Waals surface area contributed by atoms with Crippen molar-refractivity contribution in [3.63, 3.8) is 0 Å². The summed E-state index contributed by atoms with van der Waals surface area (Å²) >= 11 is 0. The van der Waals surface area contributed by atoms with Crippen molar-refractivity contribution in [2.75, 3.05) is 20.6 Å². The van der Waals surface area contributed by atoms with Crippen molar-refractivity contribution < 1.29 is 24.2 Å². The zero-order valence-corrected chi connectivity index (χ0v) is 11.4. The minimum absolute atomic E-state index is 0.143. The third kappa shape index (κ3) is 3.92. The van der Waals surface area contributed by atoms with Gasteiger partial charge in [-0.3, -0.25) is 9.59 Å². The second-order valence-corrected chi connectivity index (χ2v) is 4.76. The van der Waals surface area contributed by atoms with Crippen LogP contribution in [0.15, 0.2) is 0 Å². The van der Waals surface area contributed by atoms with Crippen LogP contribution in [0.4, 0.5) is 0 Å². The molecule has 1 unspecified atom stereocenters. The first-order chi connectivity index (χ1) is 8.86. The van der Waals surface area contributed by atoms with Crippen LogP contribution < -0.4 is 5.32 Å². The predicted octanol–water partition coefficient (Wildman–Crippen LogP) is -0.541. The Kier molecular flexibility index (Phi) is 5.29. The van der Waals surface area contributed by atoms with Gasteiger partial charge in [0, 0.05) is 20.6 Å². The highest BCUT2D eigenvalue weighted by molar-refractivity contribution is 5.84. The molecular weight excluding hydrogens is 252 g/mol. The molecule has 108 valence electrons. The molecule has 0 spiro atoms. The van der Waals surface area contributed by atoms with E-state index in [1.165, 1.54) is 11.9 Å². The fourth-order valence-electron chi connectivity index (χ4n) is 2.08. The van der Waals surface area contributed by atoms with Gasteiger partial charge in [-0.1, -0.05) is 6.92 Å². The fourth-order valence-corrected chi connectivity index (χ4v) is 2.08. The molecule has 0 radical (unpaired) electrons. The van der Waals surface area contributed by atoms with Crippen LogP contribution in [0.2, 0.25) is 0 Å². The highest BCUT2D eigenvalue weighted by Gasteiger charge is 2.36. The molecule has 1 fully saturated rings. The lowest BCUT2D eigenvalue weighted by Crippen LogP contribution is -2.42. The van der Waals surface area contributed by atoms with Crippen molar-refractivity contribution in [3.05, 3.63) is 0 Å². The van der Waals surface area contributed by atoms with Crippen molar-refractivity contribution in [3.8, 4) is 0 Å². The predicted molar refractivity (Wildman–Crippen MR) is 66.4 cm³/mol. The summed E-state index contributed by atoms with van der Waals surface area (Å²) < 4.78 is 5.18. The average Bonchev–Trinajstić information content (AvgIpc) is 2.86. The van der Waals surface area contributed by atoms with Gasteiger partial charge in [0.2, 0.25) is 5.91 Å². The maximum atomic E-state index is 12.0. The van der Waals surface area contributed by atoms with Crippen molar-refractivity contribution in [2.45, 2.75) is 32.0 Å². The summed E-state index contributed by atoms with van der Waals surface area (Å²) in [5.74, 6) is -1.79. The molecular formula is C12H20N2O5. The van der Waals surface area contributed by atoms with Crippen molar-refractivity contribution in [1.29, 1.82) is 0 Å². The van der Waals surface area contributed by atoms with Gasteiger partial charge in [-0.25, -0.2) is 4.79 Å². The van der Waals surface area contributed by atoms with Gasteiger partial charge in [-0.2, -0.15) is 0 Å². The van der Waals surface area contributed by atoms with E-state index in [9.17, 15) is 14.4 Å². The molecule has 0 saturated carbocycles. The summed E-state index contributed by atoms with van der Waals surface area (Å²) in [5, 5.41) is 11.3. The SMILES string of the molecule is CNC(=O)C(C)CN(C)C(=O)[C@@H]1CC[C@H](C(=O)O)O1. The first-order valence-electron chi connectivity index (χ1n) is 6.21. The molecule has 2 N–H and O–H groups in total. The first kappa shape index (κ1) is 15.4. The van der Waals surface area contributed by atoms with Gasteiger partial charge in [0.15, 0.2) is 6.10 Å². The Morgan fingerprint density at radius 2 is 1.95 bits per heavy atom. The monoisotopic (exact) mass is 272 g/mol. The number of likely N-dealkylation sites (N-methyl/N-ethyl adjacent to an activating group) is 1. The number of carbonyl (C=O) groups excluding carboxylic acids is 2. The van der Waals surface area contributed by atoms with Crippen LogP contribution in [0.5, 0.6) is 0 Å². The zero-order chi connectivity index (χ0) is 14.6. The van der Waals surface area contributed by atoms with E-state index in [0.29, 0.717) is 12.8 Å². The van der Waals surface area contributed by atoms with E-state index < -0.39 is 18.2 Å². The van der Waals surface area contributed by atoms with Gasteiger partial charge >= 0.3 is 5.97 Å². The normalized spacial score (nSPS) is 23.7. The van der Waals surface area contributed by atoms with Crippen LogP contribution >= 0.6 is 0 Å². The molecule has 1 rings (SSSR count). The molecule has 0 aromatic carbocycles. The van der Waals surface area contributed by atoms with Gasteiger partial charge in [0.25, 0.3) is 5.91 Å². The summed E-state index contributed by atoms with van der Waals surface area (Å²) in [7, 11) is 3.12. The van der Waals surface area contributed by atoms with Gasteiger partial charge < -0.3 is 20.1 Å². The number of ether oxygens (including phenoxy) is 1. The summed E-state index contributed by atoms with van der Waals surface area (Å²) in [6.07, 6.45) is -0.888. The second kappa shape index (κ2) is 6.51. The Hall–Kier alpha value is -1.63. The Morgan fingerprint density at radius 3 is 2.42 bits per heavy atom. The minimum Gasteiger partial charge on any atom is -0.479 e. The van der Waals surface area contributed by atoms with E-state index in [2.05, 4.69) is 5.32 Å². The van der Waals surface area contributed by atoms with Crippen molar-refractivity contribution >= 4 is 17.8 Å². The number of carbonyl (C=O) groups is 3. The maximum Gasteiger partial charge on any atom is 0.332 e. The molecule has 3 atom stereocenters. The first-order valence-corrected chi connectivity index (χ1v) is 6.21. The second-order valence-electron chi connectivity index (χ2n) is 4.76. The van der Waals surface area contributed by atoms with Crippen LogP contribution in [-0.2, 0) is 19.1 Å². The quantitative estimate of drug-likeness (QED) is 0.700. The molecule has 7 heteroatoms. The number of nitrogens with one attached hydrogen (secondary N) is 1. The third-order valence-corrected chi connectivity index (χ3v) is 3.19. The van der Waals surface area contributed by atoms with Crippen molar-refractivity contribution in [1.82, 2.24) is 10.2 Å². The van der Waals surface area contributed by atoms with E-state index >= 15 is 0 Å². The molecule has 7 nitrogen and oxygen atoms in total. The Labute approximate surface area is 111 Å². The number of hydrogen-bond donors (Lipinski definition) is 2. The summed E-state index contributed by atoms with van der Waals surface area (Å²) in [6.45, 7) is 1.99. The number of carboxylic acids is 1. The summed E-state index contributed by atoms with van der Waals surface area (Å²) in [6, 6.07) is 0. The van der Waals surface area contributed by atoms with E-state index in [4.69, 9.17) is 9.84 Å². The standard InChI is InChI=1S/C12H20N2O5/c1-7(10(15)13-2)6-14(3)11(16)8-4-5-9(19-8)12(17)18/h7-9H,4-6H2,1-3H3,(H,13,15)(H,17,18)/t7?,8-,9+/m0/s1. The van der Waals surface area contributed by atoms with Gasteiger partial charge in [0.1, 0.15) is 6.10 Å². The van der Waals surface area contributed by atoms with E-state index in [0.717, 1.165) is 0 Å². The van der Waals surface area contributed by atoms with E-state index in [-0.39, 0.29) is 24.3 Å². The topological polar surface area (TPSA) is 95.9 Å². The smallest absolute Gasteiger partial charge is 0.332 e. The summed E-state index contributed by atoms with van der Waals surface area (Å²) in [4.78, 5) is 35.6. The van der Waals surface area contributed by atoms with Crippen molar-refractivity contribution in [2.24, 2.45) is 5.92 Å². The molecule has 19 heavy (non-hydrogen) atoms. The molecule has 1 heterocycles. The van der Waals surface area contributed by atoms with E-state index in [1.54, 1.807) is 14.0 Å². The molecule has 0 aromatic heterocycles. The van der Waals surface area contributed by atoms with Crippen LogP contribution in [0.3, 0.4) is 0 Å². The van der Waals surface area contributed by atoms with E-state index in [1.807, 2.05) is 0 Å². The Morgan fingerprint density at radius 1 is 1.37 bits per heavy atom. The summed E-state index contributed by atoms with van der Waals surface area (Å²) in [5.41, 5.74) is 0. The van der Waals surface area contributed by atoms with Gasteiger partial charge in [-0.15, -0.1) is 0 Å². The Bertz CT molecular complexity index is 371. The number of carboxylic acid groups (broad SMARTS) is 1.